The van der Waals surface area contributed by atoms with Crippen LogP contribution in [0.3, 0.4) is 0 Å². The first-order valence-electron chi connectivity index (χ1n) is 7.25. The van der Waals surface area contributed by atoms with E-state index in [4.69, 9.17) is 9.47 Å². The molecule has 0 radical (unpaired) electrons. The summed E-state index contributed by atoms with van der Waals surface area (Å²) in [4.78, 5) is 26.0. The molecule has 0 aliphatic carbocycles. The van der Waals surface area contributed by atoms with E-state index in [0.29, 0.717) is 5.88 Å². The van der Waals surface area contributed by atoms with Crippen molar-refractivity contribution in [3.05, 3.63) is 52.7 Å². The summed E-state index contributed by atoms with van der Waals surface area (Å²) < 4.78 is 10.3. The van der Waals surface area contributed by atoms with Gasteiger partial charge in [-0.1, -0.05) is 0 Å². The van der Waals surface area contributed by atoms with E-state index < -0.39 is 10.3 Å². The number of benzene rings is 1. The molecule has 1 heterocycles. The molecule has 2 aromatic rings. The smallest absolute Gasteiger partial charge is 0.314 e. The number of hydrogen-bond donors (Lipinski definition) is 0. The monoisotopic (exact) mass is 330 g/mol. The first kappa shape index (κ1) is 17.4. The Morgan fingerprint density at radius 3 is 2.29 bits per heavy atom. The van der Waals surface area contributed by atoms with Crippen LogP contribution in [0.2, 0.25) is 0 Å². The first-order valence-corrected chi connectivity index (χ1v) is 7.25. The van der Waals surface area contributed by atoms with E-state index in [9.17, 15) is 14.9 Å². The molecule has 24 heavy (non-hydrogen) atoms. The van der Waals surface area contributed by atoms with Crippen LogP contribution in [-0.4, -0.2) is 29.6 Å². The molecular formula is C17H18N2O5. The first-order chi connectivity index (χ1) is 11.3. The van der Waals surface area contributed by atoms with Crippen LogP contribution in [0.1, 0.15) is 13.8 Å². The molecule has 2 rings (SSSR count). The van der Waals surface area contributed by atoms with Crippen molar-refractivity contribution in [2.24, 2.45) is 5.41 Å². The highest BCUT2D eigenvalue weighted by Crippen LogP contribution is 2.24. The van der Waals surface area contributed by atoms with Crippen LogP contribution in [0, 0.1) is 15.5 Å². The summed E-state index contributed by atoms with van der Waals surface area (Å²) in [6.45, 7) is 3.59. The number of carbonyl (C=O) groups is 1. The van der Waals surface area contributed by atoms with Crippen molar-refractivity contribution in [3.8, 4) is 17.0 Å². The van der Waals surface area contributed by atoms with Crippen molar-refractivity contribution in [1.29, 1.82) is 0 Å². The van der Waals surface area contributed by atoms with Gasteiger partial charge in [0, 0.05) is 30.0 Å². The number of methoxy groups -OCH3 is 1. The zero-order valence-electron chi connectivity index (χ0n) is 13.7. The molecule has 0 spiro atoms. The molecule has 0 N–H and O–H groups in total. The average molecular weight is 330 g/mol. The molecule has 0 amide bonds. The third-order valence-electron chi connectivity index (χ3n) is 3.47. The number of ether oxygens (including phenoxy) is 2. The quantitative estimate of drug-likeness (QED) is 0.459. The molecule has 7 heteroatoms. The zero-order valence-corrected chi connectivity index (χ0v) is 13.7. The fourth-order valence-corrected chi connectivity index (χ4v) is 2.00. The third-order valence-corrected chi connectivity index (χ3v) is 3.47. The Kier molecular flexibility index (Phi) is 5.13. The van der Waals surface area contributed by atoms with Crippen molar-refractivity contribution in [2.45, 2.75) is 13.8 Å². The van der Waals surface area contributed by atoms with Gasteiger partial charge in [0.15, 0.2) is 0 Å². The Hall–Kier alpha value is -2.96. The molecular weight excluding hydrogens is 312 g/mol. The summed E-state index contributed by atoms with van der Waals surface area (Å²) in [6, 6.07) is 9.70. The van der Waals surface area contributed by atoms with Gasteiger partial charge in [-0.3, -0.25) is 14.9 Å². The summed E-state index contributed by atoms with van der Waals surface area (Å²) in [5.74, 6) is 0.0302. The van der Waals surface area contributed by atoms with Gasteiger partial charge in [-0.15, -0.1) is 0 Å². The number of non-ortho nitro benzene ring substituents is 1. The number of rotatable bonds is 6. The van der Waals surface area contributed by atoms with Crippen LogP contribution in [0.4, 0.5) is 5.69 Å². The summed E-state index contributed by atoms with van der Waals surface area (Å²) in [7, 11) is 1.33. The number of hydrogen-bond acceptors (Lipinski definition) is 6. The van der Waals surface area contributed by atoms with Gasteiger partial charge in [0.2, 0.25) is 5.88 Å². The van der Waals surface area contributed by atoms with Gasteiger partial charge in [-0.25, -0.2) is 4.98 Å². The largest absolute Gasteiger partial charge is 0.476 e. The van der Waals surface area contributed by atoms with E-state index in [0.717, 1.165) is 11.1 Å². The number of aromatic nitrogens is 1. The Morgan fingerprint density at radius 1 is 1.17 bits per heavy atom. The van der Waals surface area contributed by atoms with Crippen molar-refractivity contribution in [1.82, 2.24) is 4.98 Å². The molecule has 1 aromatic heterocycles. The lowest BCUT2D eigenvalue weighted by Gasteiger charge is -2.21. The molecule has 0 aliphatic rings. The van der Waals surface area contributed by atoms with Gasteiger partial charge in [0.1, 0.15) is 6.61 Å². The molecule has 7 nitrogen and oxygen atoms in total. The highest BCUT2D eigenvalue weighted by Gasteiger charge is 2.29. The molecule has 126 valence electrons. The predicted molar refractivity (Wildman–Crippen MR) is 87.6 cm³/mol. The Morgan fingerprint density at radius 2 is 1.79 bits per heavy atom. The van der Waals surface area contributed by atoms with E-state index in [1.54, 1.807) is 44.3 Å². The molecule has 0 bridgehead atoms. The molecule has 1 aromatic carbocycles. The Balaban J connectivity index is 2.05. The highest BCUT2D eigenvalue weighted by atomic mass is 16.6. The molecule has 0 unspecified atom stereocenters. The van der Waals surface area contributed by atoms with E-state index in [1.807, 2.05) is 0 Å². The van der Waals surface area contributed by atoms with Crippen LogP contribution in [0.5, 0.6) is 5.88 Å². The topological polar surface area (TPSA) is 91.6 Å². The number of nitro benzene ring substituents is 1. The van der Waals surface area contributed by atoms with Crippen LogP contribution in [-0.2, 0) is 9.53 Å². The van der Waals surface area contributed by atoms with Crippen molar-refractivity contribution in [3.63, 3.8) is 0 Å². The second kappa shape index (κ2) is 7.08. The van der Waals surface area contributed by atoms with Gasteiger partial charge < -0.3 is 9.47 Å². The fourth-order valence-electron chi connectivity index (χ4n) is 2.00. The summed E-state index contributed by atoms with van der Waals surface area (Å²) in [6.07, 6.45) is 1.61. The lowest BCUT2D eigenvalue weighted by Crippen LogP contribution is -2.32. The lowest BCUT2D eigenvalue weighted by atomic mass is 9.95. The van der Waals surface area contributed by atoms with Gasteiger partial charge in [-0.05, 0) is 37.6 Å². The zero-order chi connectivity index (χ0) is 17.7. The molecule has 0 saturated heterocycles. The molecule has 0 atom stereocenters. The van der Waals surface area contributed by atoms with E-state index in [1.165, 1.54) is 19.2 Å². The number of nitrogens with zero attached hydrogens (tertiary/aromatic N) is 2. The van der Waals surface area contributed by atoms with Crippen molar-refractivity contribution < 1.29 is 19.2 Å². The van der Waals surface area contributed by atoms with E-state index >= 15 is 0 Å². The van der Waals surface area contributed by atoms with Gasteiger partial charge in [0.05, 0.1) is 17.4 Å². The van der Waals surface area contributed by atoms with Crippen molar-refractivity contribution >= 4 is 11.7 Å². The normalized spacial score (nSPS) is 11.0. The molecule has 0 saturated carbocycles. The maximum absolute atomic E-state index is 11.6. The van der Waals surface area contributed by atoms with E-state index in [-0.39, 0.29) is 18.3 Å². The van der Waals surface area contributed by atoms with Crippen molar-refractivity contribution in [2.75, 3.05) is 13.7 Å². The maximum Gasteiger partial charge on any atom is 0.314 e. The maximum atomic E-state index is 11.6. The minimum atomic E-state index is -0.770. The lowest BCUT2D eigenvalue weighted by molar-refractivity contribution is -0.384. The van der Waals surface area contributed by atoms with Crippen LogP contribution in [0.25, 0.3) is 11.1 Å². The SMILES string of the molecule is COC(=O)C(C)(C)COc1ccc(-c2ccc([N+](=O)[O-])cc2)cn1. The van der Waals surface area contributed by atoms with Gasteiger partial charge in [0.25, 0.3) is 5.69 Å². The highest BCUT2D eigenvalue weighted by molar-refractivity contribution is 5.75. The summed E-state index contributed by atoms with van der Waals surface area (Å²) in [5, 5.41) is 10.7. The fraction of sp³-hybridized carbons (Fsp3) is 0.294. The minimum absolute atomic E-state index is 0.0386. The van der Waals surface area contributed by atoms with Gasteiger partial charge >= 0.3 is 5.97 Å². The number of carbonyl (C=O) groups excluding carboxylic acids is 1. The molecule has 0 fully saturated rings. The number of pyridine rings is 1. The minimum Gasteiger partial charge on any atom is -0.476 e. The third kappa shape index (κ3) is 4.07. The Labute approximate surface area is 139 Å². The average Bonchev–Trinajstić information content (AvgIpc) is 2.59. The number of esters is 1. The van der Waals surface area contributed by atoms with Crippen LogP contribution in [0.15, 0.2) is 42.6 Å². The van der Waals surface area contributed by atoms with Crippen LogP contribution >= 0.6 is 0 Å². The standard InChI is InChI=1S/C17H18N2O5/c1-17(2,16(20)23-3)11-24-15-9-6-13(10-18-15)12-4-7-14(8-5-12)19(21)22/h4-10H,11H2,1-3H3. The van der Waals surface area contributed by atoms with Gasteiger partial charge in [-0.2, -0.15) is 0 Å². The number of nitro groups is 1. The van der Waals surface area contributed by atoms with Crippen LogP contribution < -0.4 is 4.74 Å². The second-order valence-corrected chi connectivity index (χ2v) is 5.85. The van der Waals surface area contributed by atoms with E-state index in [2.05, 4.69) is 4.98 Å². The molecule has 0 aliphatic heterocycles. The Bertz CT molecular complexity index is 724. The second-order valence-electron chi connectivity index (χ2n) is 5.85. The summed E-state index contributed by atoms with van der Waals surface area (Å²) >= 11 is 0. The predicted octanol–water partition coefficient (Wildman–Crippen LogP) is 3.23. The summed E-state index contributed by atoms with van der Waals surface area (Å²) in [5.41, 5.74) is 0.892.